The van der Waals surface area contributed by atoms with Crippen molar-refractivity contribution < 1.29 is 33.7 Å². The number of carboxylic acids is 1. The molecule has 0 unspecified atom stereocenters. The van der Waals surface area contributed by atoms with Gasteiger partial charge in [-0.2, -0.15) is 0 Å². The number of benzene rings is 2. The van der Waals surface area contributed by atoms with Gasteiger partial charge < -0.3 is 24.2 Å². The standard InChI is InChI=1S/C19H19NO7.ClH/c1-12(21)27-17-10-13-2-3-15(8-14(13)9-16(17)19(23)24)26-11-18(22)20-4-6-25-7-5-20;/h2-3,8-10H,4-7,11H2,1H3,(H,23,24);1H. The number of ether oxygens (including phenoxy) is 3. The van der Waals surface area contributed by atoms with Crippen LogP contribution in [0, 0.1) is 0 Å². The first-order valence-corrected chi connectivity index (χ1v) is 8.42. The average Bonchev–Trinajstić information content (AvgIpc) is 2.65. The SMILES string of the molecule is CC(=O)Oc1cc2ccc(OCC(=O)N3CCOCC3)cc2cc1C(=O)O.Cl. The Hall–Kier alpha value is -2.84. The summed E-state index contributed by atoms with van der Waals surface area (Å²) in [6.45, 7) is 3.22. The summed E-state index contributed by atoms with van der Waals surface area (Å²) in [7, 11) is 0. The molecule has 0 radical (unpaired) electrons. The van der Waals surface area contributed by atoms with Crippen LogP contribution >= 0.6 is 12.4 Å². The molecule has 1 fully saturated rings. The van der Waals surface area contributed by atoms with E-state index >= 15 is 0 Å². The third kappa shape index (κ3) is 5.11. The Kier molecular flexibility index (Phi) is 7.19. The van der Waals surface area contributed by atoms with E-state index in [4.69, 9.17) is 14.2 Å². The lowest BCUT2D eigenvalue weighted by molar-refractivity contribution is -0.137. The molecule has 2 aromatic carbocycles. The van der Waals surface area contributed by atoms with Crippen molar-refractivity contribution >= 4 is 41.0 Å². The van der Waals surface area contributed by atoms with Crippen LogP contribution in [0.15, 0.2) is 30.3 Å². The van der Waals surface area contributed by atoms with E-state index in [9.17, 15) is 19.5 Å². The lowest BCUT2D eigenvalue weighted by Gasteiger charge is -2.26. The van der Waals surface area contributed by atoms with Crippen LogP contribution in [0.2, 0.25) is 0 Å². The summed E-state index contributed by atoms with van der Waals surface area (Å²) in [4.78, 5) is 36.4. The van der Waals surface area contributed by atoms with E-state index in [1.54, 1.807) is 23.1 Å². The lowest BCUT2D eigenvalue weighted by Crippen LogP contribution is -2.42. The number of carbonyl (C=O) groups is 3. The number of hydrogen-bond acceptors (Lipinski definition) is 6. The summed E-state index contributed by atoms with van der Waals surface area (Å²) in [5, 5.41) is 10.6. The third-order valence-electron chi connectivity index (χ3n) is 4.12. The van der Waals surface area contributed by atoms with Gasteiger partial charge in [-0.1, -0.05) is 6.07 Å². The molecule has 1 aliphatic rings. The van der Waals surface area contributed by atoms with E-state index in [1.807, 2.05) is 0 Å². The smallest absolute Gasteiger partial charge is 0.339 e. The largest absolute Gasteiger partial charge is 0.484 e. The first-order valence-electron chi connectivity index (χ1n) is 8.42. The quantitative estimate of drug-likeness (QED) is 0.596. The topological polar surface area (TPSA) is 102 Å². The molecular formula is C19H20ClNO7. The molecule has 8 nitrogen and oxygen atoms in total. The minimum Gasteiger partial charge on any atom is -0.484 e. The first-order chi connectivity index (χ1) is 12.9. The van der Waals surface area contributed by atoms with Crippen molar-refractivity contribution in [3.05, 3.63) is 35.9 Å². The highest BCUT2D eigenvalue weighted by Crippen LogP contribution is 2.29. The fraction of sp³-hybridized carbons (Fsp3) is 0.316. The first kappa shape index (κ1) is 21.5. The van der Waals surface area contributed by atoms with Gasteiger partial charge in [0.25, 0.3) is 5.91 Å². The minimum atomic E-state index is -1.21. The maximum Gasteiger partial charge on any atom is 0.339 e. The molecule has 150 valence electrons. The molecule has 28 heavy (non-hydrogen) atoms. The van der Waals surface area contributed by atoms with Crippen molar-refractivity contribution in [1.82, 2.24) is 4.90 Å². The van der Waals surface area contributed by atoms with Crippen LogP contribution < -0.4 is 9.47 Å². The molecule has 1 saturated heterocycles. The van der Waals surface area contributed by atoms with Crippen LogP contribution in [0.1, 0.15) is 17.3 Å². The highest BCUT2D eigenvalue weighted by molar-refractivity contribution is 5.98. The second-order valence-electron chi connectivity index (χ2n) is 6.04. The van der Waals surface area contributed by atoms with Crippen LogP contribution in [0.3, 0.4) is 0 Å². The van der Waals surface area contributed by atoms with Crippen molar-refractivity contribution in [1.29, 1.82) is 0 Å². The molecule has 1 heterocycles. The lowest BCUT2D eigenvalue weighted by atomic mass is 10.1. The van der Waals surface area contributed by atoms with Crippen LogP contribution in [-0.2, 0) is 14.3 Å². The van der Waals surface area contributed by atoms with Crippen molar-refractivity contribution in [2.75, 3.05) is 32.9 Å². The molecular weight excluding hydrogens is 390 g/mol. The van der Waals surface area contributed by atoms with Crippen LogP contribution in [0.4, 0.5) is 0 Å². The number of hydrogen-bond donors (Lipinski definition) is 1. The molecule has 0 spiro atoms. The number of fused-ring (bicyclic) bond motifs is 1. The Balaban J connectivity index is 0.00000280. The van der Waals surface area contributed by atoms with E-state index in [0.29, 0.717) is 42.8 Å². The molecule has 1 amide bonds. The molecule has 1 N–H and O–H groups in total. The number of carboxylic acid groups (broad SMARTS) is 1. The molecule has 0 aliphatic carbocycles. The maximum absolute atomic E-state index is 12.1. The highest BCUT2D eigenvalue weighted by atomic mass is 35.5. The van der Waals surface area contributed by atoms with Gasteiger partial charge in [0, 0.05) is 20.0 Å². The molecule has 9 heteroatoms. The summed E-state index contributed by atoms with van der Waals surface area (Å²) in [5.41, 5.74) is -0.126. The predicted octanol–water partition coefficient (Wildman–Crippen LogP) is 2.12. The van der Waals surface area contributed by atoms with Gasteiger partial charge in [0.1, 0.15) is 17.1 Å². The van der Waals surface area contributed by atoms with Gasteiger partial charge in [-0.05, 0) is 35.0 Å². The van der Waals surface area contributed by atoms with Crippen molar-refractivity contribution in [2.45, 2.75) is 6.92 Å². The number of halogens is 1. The number of rotatable bonds is 5. The van der Waals surface area contributed by atoms with Gasteiger partial charge in [-0.3, -0.25) is 9.59 Å². The van der Waals surface area contributed by atoms with Crippen LogP contribution in [0.25, 0.3) is 10.8 Å². The van der Waals surface area contributed by atoms with Crippen molar-refractivity contribution in [3.8, 4) is 11.5 Å². The monoisotopic (exact) mass is 409 g/mol. The van der Waals surface area contributed by atoms with Gasteiger partial charge >= 0.3 is 11.9 Å². The normalized spacial score (nSPS) is 13.5. The average molecular weight is 410 g/mol. The predicted molar refractivity (Wildman–Crippen MR) is 102 cm³/mol. The zero-order chi connectivity index (χ0) is 19.4. The number of amides is 1. The van der Waals surface area contributed by atoms with Gasteiger partial charge in [0.2, 0.25) is 0 Å². The van der Waals surface area contributed by atoms with E-state index in [0.717, 1.165) is 0 Å². The molecule has 1 aliphatic heterocycles. The summed E-state index contributed by atoms with van der Waals surface area (Å²) >= 11 is 0. The fourth-order valence-electron chi connectivity index (χ4n) is 2.80. The van der Waals surface area contributed by atoms with E-state index in [2.05, 4.69) is 0 Å². The Morgan fingerprint density at radius 3 is 2.46 bits per heavy atom. The summed E-state index contributed by atoms with van der Waals surface area (Å²) in [6, 6.07) is 7.93. The minimum absolute atomic E-state index is 0. The number of esters is 1. The molecule has 0 saturated carbocycles. The summed E-state index contributed by atoms with van der Waals surface area (Å²) in [6.07, 6.45) is 0. The maximum atomic E-state index is 12.1. The van der Waals surface area contributed by atoms with E-state index < -0.39 is 11.9 Å². The Morgan fingerprint density at radius 1 is 1.11 bits per heavy atom. The van der Waals surface area contributed by atoms with E-state index in [1.165, 1.54) is 19.1 Å². The van der Waals surface area contributed by atoms with E-state index in [-0.39, 0.29) is 36.2 Å². The molecule has 0 aromatic heterocycles. The highest BCUT2D eigenvalue weighted by Gasteiger charge is 2.18. The zero-order valence-electron chi connectivity index (χ0n) is 15.2. The molecule has 2 aromatic rings. The van der Waals surface area contributed by atoms with Gasteiger partial charge in [0.05, 0.1) is 13.2 Å². The Morgan fingerprint density at radius 2 is 1.82 bits per heavy atom. The van der Waals surface area contributed by atoms with Crippen LogP contribution in [-0.4, -0.2) is 60.8 Å². The van der Waals surface area contributed by atoms with Gasteiger partial charge in [-0.15, -0.1) is 12.4 Å². The fourth-order valence-corrected chi connectivity index (χ4v) is 2.80. The second-order valence-corrected chi connectivity index (χ2v) is 6.04. The molecule has 3 rings (SSSR count). The summed E-state index contributed by atoms with van der Waals surface area (Å²) < 4.78 is 15.8. The third-order valence-corrected chi connectivity index (χ3v) is 4.12. The molecule has 0 bridgehead atoms. The number of aromatic carboxylic acids is 1. The molecule has 0 atom stereocenters. The number of carbonyl (C=O) groups excluding carboxylic acids is 2. The number of morpholine rings is 1. The summed E-state index contributed by atoms with van der Waals surface area (Å²) in [5.74, 6) is -1.51. The van der Waals surface area contributed by atoms with Crippen molar-refractivity contribution in [2.24, 2.45) is 0 Å². The second kappa shape index (κ2) is 9.38. The van der Waals surface area contributed by atoms with Gasteiger partial charge in [0.15, 0.2) is 6.61 Å². The van der Waals surface area contributed by atoms with Crippen LogP contribution in [0.5, 0.6) is 11.5 Å². The number of nitrogens with zero attached hydrogens (tertiary/aromatic N) is 1. The Labute approximate surface area is 167 Å². The Bertz CT molecular complexity index is 893. The zero-order valence-corrected chi connectivity index (χ0v) is 16.0. The van der Waals surface area contributed by atoms with Crippen molar-refractivity contribution in [3.63, 3.8) is 0 Å². The van der Waals surface area contributed by atoms with Gasteiger partial charge in [-0.25, -0.2) is 4.79 Å².